The number of hydrogen-bond acceptors (Lipinski definition) is 3. The average Bonchev–Trinajstić information content (AvgIpc) is 3.13. The summed E-state index contributed by atoms with van der Waals surface area (Å²) in [4.78, 5) is 41.1. The molecule has 0 aliphatic carbocycles. The van der Waals surface area contributed by atoms with Gasteiger partial charge in [0, 0.05) is 22.7 Å². The number of nitrogens with zero attached hydrogens (tertiary/aromatic N) is 2. The lowest BCUT2D eigenvalue weighted by molar-refractivity contribution is -0.140. The summed E-state index contributed by atoms with van der Waals surface area (Å²) in [6, 6.07) is 11.0. The summed E-state index contributed by atoms with van der Waals surface area (Å²) in [5.41, 5.74) is 2.16. The zero-order chi connectivity index (χ0) is 20.9. The van der Waals surface area contributed by atoms with Crippen molar-refractivity contribution in [3.63, 3.8) is 0 Å². The first-order chi connectivity index (χ1) is 13.8. The van der Waals surface area contributed by atoms with Crippen LogP contribution in [0.4, 0.5) is 0 Å². The molecule has 7 nitrogen and oxygen atoms in total. The van der Waals surface area contributed by atoms with Gasteiger partial charge in [0.1, 0.15) is 6.04 Å². The van der Waals surface area contributed by atoms with Gasteiger partial charge in [0.15, 0.2) is 0 Å². The van der Waals surface area contributed by atoms with Crippen LogP contribution in [0.25, 0.3) is 21.8 Å². The Morgan fingerprint density at radius 1 is 1.03 bits per heavy atom. The predicted molar refractivity (Wildman–Crippen MR) is 112 cm³/mol. The lowest BCUT2D eigenvalue weighted by Crippen LogP contribution is -2.44. The largest absolute Gasteiger partial charge is 0.480 e. The zero-order valence-electron chi connectivity index (χ0n) is 16.3. The van der Waals surface area contributed by atoms with Crippen LogP contribution in [0.1, 0.15) is 37.1 Å². The number of carbonyl (C=O) groups is 1. The Bertz CT molecular complexity index is 1380. The van der Waals surface area contributed by atoms with Gasteiger partial charge in [-0.05, 0) is 44.5 Å². The van der Waals surface area contributed by atoms with Gasteiger partial charge in [-0.15, -0.1) is 0 Å². The topological polar surface area (TPSA) is 97.1 Å². The van der Waals surface area contributed by atoms with Crippen molar-refractivity contribution >= 4 is 27.8 Å². The summed E-state index contributed by atoms with van der Waals surface area (Å²) in [5, 5.41) is 10.8. The van der Waals surface area contributed by atoms with E-state index in [4.69, 9.17) is 0 Å². The second kappa shape index (κ2) is 6.77. The minimum absolute atomic E-state index is 0.309. The number of para-hydroxylation sites is 1. The molecule has 0 bridgehead atoms. The number of carboxylic acid groups (broad SMARTS) is 1. The predicted octanol–water partition coefficient (Wildman–Crippen LogP) is 3.21. The highest BCUT2D eigenvalue weighted by atomic mass is 16.4. The molecule has 4 rings (SSSR count). The minimum Gasteiger partial charge on any atom is -0.480 e. The number of fused-ring (bicyclic) bond motifs is 2. The van der Waals surface area contributed by atoms with Gasteiger partial charge in [0.25, 0.3) is 5.56 Å². The number of carboxylic acids is 1. The highest BCUT2D eigenvalue weighted by molar-refractivity contribution is 5.87. The van der Waals surface area contributed by atoms with E-state index in [2.05, 4.69) is 4.98 Å². The Morgan fingerprint density at radius 3 is 2.48 bits per heavy atom. The zero-order valence-corrected chi connectivity index (χ0v) is 16.3. The van der Waals surface area contributed by atoms with Crippen LogP contribution in [0, 0.1) is 6.92 Å². The van der Waals surface area contributed by atoms with Gasteiger partial charge >= 0.3 is 11.7 Å². The number of nitrogens with one attached hydrogen (secondary N) is 1. The van der Waals surface area contributed by atoms with Crippen molar-refractivity contribution in [1.82, 2.24) is 14.1 Å². The van der Waals surface area contributed by atoms with E-state index in [1.54, 1.807) is 24.3 Å². The van der Waals surface area contributed by atoms with Crippen LogP contribution in [-0.2, 0) is 4.79 Å². The van der Waals surface area contributed by atoms with E-state index in [0.717, 1.165) is 26.6 Å². The molecule has 0 spiro atoms. The standard InChI is InChI=1S/C22H21N3O4/c1-12-7-6-9-17-19(12)16(11-23-17)13(2)24-18-10-5-4-8-15(18)20(26)25(22(24)29)14(3)21(27)28/h4-11,13-14,23H,1-3H3,(H,27,28)/t13?,14-/m0/s1. The molecule has 0 saturated carbocycles. The second-order valence-corrected chi connectivity index (χ2v) is 7.28. The van der Waals surface area contributed by atoms with Crippen LogP contribution in [0.15, 0.2) is 58.3 Å². The van der Waals surface area contributed by atoms with Gasteiger partial charge in [-0.25, -0.2) is 14.2 Å². The quantitative estimate of drug-likeness (QED) is 0.558. The van der Waals surface area contributed by atoms with Gasteiger partial charge in [0.05, 0.1) is 16.9 Å². The van der Waals surface area contributed by atoms with Crippen molar-refractivity contribution in [2.45, 2.75) is 32.9 Å². The number of H-pyrrole nitrogens is 1. The van der Waals surface area contributed by atoms with E-state index >= 15 is 0 Å². The van der Waals surface area contributed by atoms with Gasteiger partial charge in [0.2, 0.25) is 0 Å². The van der Waals surface area contributed by atoms with Crippen molar-refractivity contribution < 1.29 is 9.90 Å². The number of hydrogen-bond donors (Lipinski definition) is 2. The van der Waals surface area contributed by atoms with Gasteiger partial charge in [-0.2, -0.15) is 0 Å². The maximum atomic E-state index is 13.4. The third-order valence-corrected chi connectivity index (χ3v) is 5.55. The first-order valence-electron chi connectivity index (χ1n) is 9.38. The summed E-state index contributed by atoms with van der Waals surface area (Å²) in [6.45, 7) is 5.22. The van der Waals surface area contributed by atoms with E-state index < -0.39 is 29.3 Å². The number of benzene rings is 2. The SMILES string of the molecule is Cc1cccc2[nH]cc(C(C)n3c(=O)n([C@@H](C)C(=O)O)c(=O)c4ccccc43)c12. The maximum Gasteiger partial charge on any atom is 0.332 e. The summed E-state index contributed by atoms with van der Waals surface area (Å²) >= 11 is 0. The number of aromatic amines is 1. The van der Waals surface area contributed by atoms with E-state index in [-0.39, 0.29) is 0 Å². The third kappa shape index (κ3) is 2.77. The van der Waals surface area contributed by atoms with Gasteiger partial charge in [-0.3, -0.25) is 9.36 Å². The minimum atomic E-state index is -1.28. The lowest BCUT2D eigenvalue weighted by atomic mass is 10.0. The number of rotatable bonds is 4. The van der Waals surface area contributed by atoms with E-state index in [9.17, 15) is 19.5 Å². The molecule has 148 valence electrons. The number of aromatic nitrogens is 3. The molecule has 2 aromatic carbocycles. The Hall–Kier alpha value is -3.61. The smallest absolute Gasteiger partial charge is 0.332 e. The third-order valence-electron chi connectivity index (χ3n) is 5.55. The van der Waals surface area contributed by atoms with Crippen molar-refractivity contribution in [1.29, 1.82) is 0 Å². The molecule has 1 unspecified atom stereocenters. The average molecular weight is 391 g/mol. The lowest BCUT2D eigenvalue weighted by Gasteiger charge is -2.21. The summed E-state index contributed by atoms with van der Waals surface area (Å²) < 4.78 is 2.33. The molecule has 29 heavy (non-hydrogen) atoms. The molecule has 2 aromatic heterocycles. The molecule has 2 atom stereocenters. The van der Waals surface area contributed by atoms with E-state index in [0.29, 0.717) is 10.9 Å². The monoisotopic (exact) mass is 391 g/mol. The molecular formula is C22H21N3O4. The van der Waals surface area contributed by atoms with Crippen LogP contribution >= 0.6 is 0 Å². The fourth-order valence-corrected chi connectivity index (χ4v) is 3.99. The molecular weight excluding hydrogens is 370 g/mol. The molecule has 0 saturated heterocycles. The van der Waals surface area contributed by atoms with Gasteiger partial charge in [-0.1, -0.05) is 24.3 Å². The van der Waals surface area contributed by atoms with Crippen LogP contribution in [-0.4, -0.2) is 25.2 Å². The molecule has 0 radical (unpaired) electrons. The Labute approximate surface area is 165 Å². The van der Waals surface area contributed by atoms with Crippen LogP contribution in [0.3, 0.4) is 0 Å². The summed E-state index contributed by atoms with van der Waals surface area (Å²) in [5.74, 6) is -1.23. The first kappa shape index (κ1) is 18.7. The number of aliphatic carboxylic acids is 1. The second-order valence-electron chi connectivity index (χ2n) is 7.28. The summed E-state index contributed by atoms with van der Waals surface area (Å²) in [7, 11) is 0. The molecule has 2 N–H and O–H groups in total. The molecule has 0 amide bonds. The van der Waals surface area contributed by atoms with Crippen LogP contribution in [0.5, 0.6) is 0 Å². The van der Waals surface area contributed by atoms with Crippen molar-refractivity contribution in [3.8, 4) is 0 Å². The Balaban J connectivity index is 2.09. The van der Waals surface area contributed by atoms with Crippen molar-refractivity contribution in [2.75, 3.05) is 0 Å². The van der Waals surface area contributed by atoms with Gasteiger partial charge < -0.3 is 10.1 Å². The maximum absolute atomic E-state index is 13.4. The Morgan fingerprint density at radius 2 is 1.76 bits per heavy atom. The molecule has 0 aliphatic rings. The normalized spacial score (nSPS) is 13.6. The molecule has 7 heteroatoms. The summed E-state index contributed by atoms with van der Waals surface area (Å²) in [6.07, 6.45) is 1.86. The molecule has 2 heterocycles. The number of aryl methyl sites for hydroxylation is 1. The van der Waals surface area contributed by atoms with Crippen molar-refractivity contribution in [2.24, 2.45) is 0 Å². The fourth-order valence-electron chi connectivity index (χ4n) is 3.99. The Kier molecular flexibility index (Phi) is 4.38. The molecule has 0 aliphatic heterocycles. The highest BCUT2D eigenvalue weighted by Crippen LogP contribution is 2.30. The fraction of sp³-hybridized carbons (Fsp3) is 0.227. The van der Waals surface area contributed by atoms with Crippen LogP contribution < -0.4 is 11.2 Å². The van der Waals surface area contributed by atoms with E-state index in [1.807, 2.05) is 38.2 Å². The van der Waals surface area contributed by atoms with Crippen LogP contribution in [0.2, 0.25) is 0 Å². The van der Waals surface area contributed by atoms with E-state index in [1.165, 1.54) is 11.5 Å². The highest BCUT2D eigenvalue weighted by Gasteiger charge is 2.25. The molecule has 4 aromatic rings. The first-order valence-corrected chi connectivity index (χ1v) is 9.38. The molecule has 0 fully saturated rings. The van der Waals surface area contributed by atoms with Crippen molar-refractivity contribution in [3.05, 3.63) is 80.6 Å².